The number of nitrogens with zero attached hydrogens (tertiary/aromatic N) is 1. The van der Waals surface area contributed by atoms with Crippen molar-refractivity contribution in [2.75, 3.05) is 0 Å². The summed E-state index contributed by atoms with van der Waals surface area (Å²) >= 11 is 1.60. The quantitative estimate of drug-likeness (QED) is 0.363. The summed E-state index contributed by atoms with van der Waals surface area (Å²) in [5, 5.41) is 1.93. The van der Waals surface area contributed by atoms with E-state index in [9.17, 15) is 0 Å². The number of hydrogen-bond acceptors (Lipinski definition) is 5. The van der Waals surface area contributed by atoms with Crippen LogP contribution in [0, 0.1) is 0 Å². The van der Waals surface area contributed by atoms with Gasteiger partial charge in [-0.25, -0.2) is 0 Å². The summed E-state index contributed by atoms with van der Waals surface area (Å²) in [6.07, 6.45) is 1.77. The second-order valence-corrected chi connectivity index (χ2v) is 2.18. The molecule has 0 atom stereocenters. The first-order valence-corrected chi connectivity index (χ1v) is 4.10. The molecule has 1 aromatic rings. The van der Waals surface area contributed by atoms with Gasteiger partial charge >= 0.3 is 23.1 Å². The third-order valence-electron chi connectivity index (χ3n) is 0.347. The molecule has 2 N–H and O–H groups in total. The molecule has 8 heteroatoms. The zero-order valence-electron chi connectivity index (χ0n) is 5.52. The molecule has 11 heavy (non-hydrogen) atoms. The molecule has 0 fully saturated rings. The van der Waals surface area contributed by atoms with Crippen LogP contribution in [0.2, 0.25) is 0 Å². The van der Waals surface area contributed by atoms with Crippen LogP contribution >= 0.6 is 19.6 Å². The Kier molecular flexibility index (Phi) is 20.9. The Balaban J connectivity index is -0.000000101. The smallest absolute Gasteiger partial charge is 0.813 e. The first-order valence-electron chi connectivity index (χ1n) is 1.93. The molecule has 0 spiro atoms. The van der Waals surface area contributed by atoms with Crippen LogP contribution in [0.1, 0.15) is 0 Å². The van der Waals surface area contributed by atoms with Crippen molar-refractivity contribution in [1.82, 2.24) is 4.98 Å². The molecule has 1 aromatic heterocycles. The molecule has 1 rings (SSSR count). The van der Waals surface area contributed by atoms with E-state index in [1.807, 2.05) is 5.38 Å². The van der Waals surface area contributed by atoms with Gasteiger partial charge in [0.1, 0.15) is 0 Å². The molecule has 0 radical (unpaired) electrons. The van der Waals surface area contributed by atoms with Crippen molar-refractivity contribution >= 4 is 42.6 Å². The van der Waals surface area contributed by atoms with Crippen molar-refractivity contribution in [2.45, 2.75) is 0 Å². The van der Waals surface area contributed by atoms with Gasteiger partial charge in [0.2, 0.25) is 0 Å². The maximum atomic E-state index is 8.52. The summed E-state index contributed by atoms with van der Waals surface area (Å²) in [4.78, 5) is 20.8. The van der Waals surface area contributed by atoms with Crippen LogP contribution < -0.4 is 9.79 Å². The summed E-state index contributed by atoms with van der Waals surface area (Å²) < 4.78 is 8.52. The summed E-state index contributed by atoms with van der Waals surface area (Å²) in [7, 11) is -3.63. The Morgan fingerprint density at radius 3 is 2.00 bits per heavy atom. The molecular formula is C3H6MgNO4PS. The summed E-state index contributed by atoms with van der Waals surface area (Å²) in [5.74, 6) is 0. The minimum absolute atomic E-state index is 0. The van der Waals surface area contributed by atoms with Crippen LogP contribution in [0.15, 0.2) is 17.1 Å². The largest absolute Gasteiger partial charge is 2.00 e. The van der Waals surface area contributed by atoms with Crippen molar-refractivity contribution in [3.63, 3.8) is 0 Å². The summed E-state index contributed by atoms with van der Waals surface area (Å²) in [6, 6.07) is 0. The average molecular weight is 207 g/mol. The predicted octanol–water partition coefficient (Wildman–Crippen LogP) is -1.97. The second-order valence-electron chi connectivity index (χ2n) is 0.926. The van der Waals surface area contributed by atoms with E-state index in [0.29, 0.717) is 0 Å². The summed E-state index contributed by atoms with van der Waals surface area (Å²) in [5.41, 5.74) is 1.79. The molecule has 0 aliphatic carbocycles. The van der Waals surface area contributed by atoms with E-state index in [1.165, 1.54) is 0 Å². The van der Waals surface area contributed by atoms with Crippen LogP contribution in [-0.2, 0) is 4.57 Å². The number of rotatable bonds is 0. The Labute approximate surface area is 84.5 Å². The van der Waals surface area contributed by atoms with E-state index in [-0.39, 0.29) is 28.5 Å². The first-order chi connectivity index (χ1) is 4.23. The van der Waals surface area contributed by atoms with E-state index in [0.717, 1.165) is 0 Å². The zero-order valence-corrected chi connectivity index (χ0v) is 8.75. The minimum atomic E-state index is -3.63. The third-order valence-corrected chi connectivity index (χ3v) is 0.869. The van der Waals surface area contributed by atoms with Crippen molar-refractivity contribution in [3.8, 4) is 0 Å². The fraction of sp³-hybridized carbons (Fsp3) is 0. The SMILES string of the molecule is O.O=[PH]([O-])[O-].[Mg+2].c1cscn1. The van der Waals surface area contributed by atoms with Gasteiger partial charge in [-0.15, -0.1) is 11.3 Å². The molecule has 60 valence electrons. The Hall–Kier alpha value is 0.506. The van der Waals surface area contributed by atoms with Gasteiger partial charge in [0, 0.05) is 11.6 Å². The summed E-state index contributed by atoms with van der Waals surface area (Å²) in [6.45, 7) is 0. The molecule has 0 saturated heterocycles. The molecule has 0 saturated carbocycles. The Morgan fingerprint density at radius 2 is 1.91 bits per heavy atom. The monoisotopic (exact) mass is 207 g/mol. The molecule has 5 nitrogen and oxygen atoms in total. The van der Waals surface area contributed by atoms with Gasteiger partial charge in [0.15, 0.2) is 0 Å². The van der Waals surface area contributed by atoms with Gasteiger partial charge < -0.3 is 19.8 Å². The van der Waals surface area contributed by atoms with E-state index in [2.05, 4.69) is 4.98 Å². The van der Waals surface area contributed by atoms with Crippen molar-refractivity contribution in [2.24, 2.45) is 0 Å². The molecule has 0 aliphatic heterocycles. The van der Waals surface area contributed by atoms with Crippen molar-refractivity contribution in [1.29, 1.82) is 0 Å². The molecule has 0 aliphatic rings. The average Bonchev–Trinajstić information content (AvgIpc) is 2.11. The first kappa shape index (κ1) is 17.6. The van der Waals surface area contributed by atoms with Crippen molar-refractivity contribution in [3.05, 3.63) is 17.1 Å². The van der Waals surface area contributed by atoms with E-state index in [1.54, 1.807) is 23.0 Å². The van der Waals surface area contributed by atoms with Gasteiger partial charge in [0.25, 0.3) is 0 Å². The maximum absolute atomic E-state index is 8.52. The van der Waals surface area contributed by atoms with Gasteiger partial charge in [-0.2, -0.15) is 0 Å². The van der Waals surface area contributed by atoms with Crippen LogP contribution in [0.5, 0.6) is 0 Å². The fourth-order valence-corrected chi connectivity index (χ4v) is 0.527. The Morgan fingerprint density at radius 1 is 1.45 bits per heavy atom. The molecule has 0 bridgehead atoms. The van der Waals surface area contributed by atoms with Crippen LogP contribution in [0.4, 0.5) is 0 Å². The standard InChI is InChI=1S/C3H3NS.Mg.H3O3P.H2O/c1-2-5-3-4-1;;1-4(2)3;/h1-3H;;4H,(H2,1,2,3);1H2/q;+2;;/p-2. The van der Waals surface area contributed by atoms with E-state index >= 15 is 0 Å². The van der Waals surface area contributed by atoms with E-state index < -0.39 is 8.25 Å². The number of thiazole rings is 1. The van der Waals surface area contributed by atoms with Crippen LogP contribution in [0.25, 0.3) is 0 Å². The van der Waals surface area contributed by atoms with Crippen LogP contribution in [0.3, 0.4) is 0 Å². The predicted molar refractivity (Wildman–Crippen MR) is 40.5 cm³/mol. The molecular weight excluding hydrogens is 201 g/mol. The topological polar surface area (TPSA) is 108 Å². The second kappa shape index (κ2) is 13.1. The number of aromatic nitrogens is 1. The van der Waals surface area contributed by atoms with Gasteiger partial charge in [-0.1, -0.05) is 8.25 Å². The maximum Gasteiger partial charge on any atom is 2.00 e. The molecule has 0 amide bonds. The van der Waals surface area contributed by atoms with Gasteiger partial charge in [0.05, 0.1) is 5.51 Å². The molecule has 1 heterocycles. The Bertz CT molecular complexity index is 139. The minimum Gasteiger partial charge on any atom is -0.813 e. The molecule has 0 aromatic carbocycles. The normalized spacial score (nSPS) is 6.82. The van der Waals surface area contributed by atoms with Crippen molar-refractivity contribution < 1.29 is 19.8 Å². The zero-order chi connectivity index (χ0) is 7.11. The molecule has 0 unspecified atom stereocenters. The van der Waals surface area contributed by atoms with Gasteiger partial charge in [-0.3, -0.25) is 4.98 Å². The van der Waals surface area contributed by atoms with Gasteiger partial charge in [-0.05, 0) is 0 Å². The number of hydrogen-bond donors (Lipinski definition) is 0. The van der Waals surface area contributed by atoms with Crippen LogP contribution in [-0.4, -0.2) is 33.5 Å². The fourth-order valence-electron chi connectivity index (χ4n) is 0.176. The third kappa shape index (κ3) is 25.1. The van der Waals surface area contributed by atoms with E-state index in [4.69, 9.17) is 14.4 Å².